The Labute approximate surface area is 160 Å². The van der Waals surface area contributed by atoms with E-state index in [0.29, 0.717) is 6.10 Å². The van der Waals surface area contributed by atoms with E-state index >= 15 is 0 Å². The number of rotatable bonds is 7. The summed E-state index contributed by atoms with van der Waals surface area (Å²) in [5, 5.41) is 3.45. The maximum absolute atomic E-state index is 5.74. The molecule has 0 saturated carbocycles. The minimum absolute atomic E-state index is 0. The normalized spacial score (nSPS) is 17.3. The Balaban J connectivity index is 0.00000484. The van der Waals surface area contributed by atoms with Gasteiger partial charge in [-0.25, -0.2) is 0 Å². The molecule has 1 aliphatic rings. The van der Waals surface area contributed by atoms with E-state index in [1.807, 2.05) is 0 Å². The summed E-state index contributed by atoms with van der Waals surface area (Å²) in [7, 11) is 4.24. The van der Waals surface area contributed by atoms with Crippen LogP contribution in [0.3, 0.4) is 0 Å². The van der Waals surface area contributed by atoms with Crippen molar-refractivity contribution in [2.75, 3.05) is 53.4 Å². The topological polar surface area (TPSA) is 40.1 Å². The van der Waals surface area contributed by atoms with Crippen LogP contribution in [0.1, 0.15) is 40.5 Å². The van der Waals surface area contributed by atoms with Crippen molar-refractivity contribution < 1.29 is 4.74 Å². The van der Waals surface area contributed by atoms with E-state index in [9.17, 15) is 0 Å². The average Bonchev–Trinajstić information content (AvgIpc) is 2.43. The highest BCUT2D eigenvalue weighted by atomic mass is 127. The summed E-state index contributed by atoms with van der Waals surface area (Å²) in [6.07, 6.45) is 2.62. The number of hydrogen-bond donors (Lipinski definition) is 1. The lowest BCUT2D eigenvalue weighted by atomic mass is 9.93. The molecular weight excluding hydrogens is 403 g/mol. The molecule has 0 aromatic heterocycles. The summed E-state index contributed by atoms with van der Waals surface area (Å²) in [5.41, 5.74) is 0.188. The van der Waals surface area contributed by atoms with E-state index < -0.39 is 0 Å². The molecule has 5 nitrogen and oxygen atoms in total. The lowest BCUT2D eigenvalue weighted by Crippen LogP contribution is -2.47. The van der Waals surface area contributed by atoms with Crippen LogP contribution in [0.25, 0.3) is 0 Å². The SMILES string of the molecule is CCNC(=NCC(C)(C)CN(C)C)N1CCC(OCC)CC1.I. The molecular formula is C17H37IN4O. The van der Waals surface area contributed by atoms with Gasteiger partial charge in [0.15, 0.2) is 5.96 Å². The molecule has 0 bridgehead atoms. The third-order valence-electron chi connectivity index (χ3n) is 3.88. The second kappa shape index (κ2) is 11.5. The Bertz CT molecular complexity index is 339. The number of nitrogens with one attached hydrogen (secondary N) is 1. The highest BCUT2D eigenvalue weighted by Crippen LogP contribution is 2.18. The smallest absolute Gasteiger partial charge is 0.193 e. The minimum atomic E-state index is 0. The zero-order chi connectivity index (χ0) is 16.6. The van der Waals surface area contributed by atoms with Crippen molar-refractivity contribution in [2.45, 2.75) is 46.6 Å². The lowest BCUT2D eigenvalue weighted by Gasteiger charge is -2.35. The fourth-order valence-corrected chi connectivity index (χ4v) is 3.09. The Morgan fingerprint density at radius 1 is 1.26 bits per heavy atom. The summed E-state index contributed by atoms with van der Waals surface area (Å²) in [6, 6.07) is 0. The van der Waals surface area contributed by atoms with E-state index in [1.54, 1.807) is 0 Å². The van der Waals surface area contributed by atoms with Crippen molar-refractivity contribution in [1.29, 1.82) is 0 Å². The van der Waals surface area contributed by atoms with Crippen molar-refractivity contribution in [3.63, 3.8) is 0 Å². The Morgan fingerprint density at radius 2 is 1.87 bits per heavy atom. The first kappa shape index (κ1) is 22.9. The number of nitrogens with zero attached hydrogens (tertiary/aromatic N) is 3. The average molecular weight is 440 g/mol. The van der Waals surface area contributed by atoms with Gasteiger partial charge >= 0.3 is 0 Å². The largest absolute Gasteiger partial charge is 0.378 e. The first-order chi connectivity index (χ1) is 10.4. The van der Waals surface area contributed by atoms with Gasteiger partial charge in [0, 0.05) is 39.3 Å². The van der Waals surface area contributed by atoms with Crippen molar-refractivity contribution in [3.8, 4) is 0 Å². The number of piperidine rings is 1. The van der Waals surface area contributed by atoms with Crippen LogP contribution in [0.15, 0.2) is 4.99 Å². The predicted molar refractivity (Wildman–Crippen MR) is 110 cm³/mol. The van der Waals surface area contributed by atoms with Gasteiger partial charge in [-0.1, -0.05) is 13.8 Å². The molecule has 6 heteroatoms. The van der Waals surface area contributed by atoms with Crippen LogP contribution in [0, 0.1) is 5.41 Å². The maximum atomic E-state index is 5.74. The van der Waals surface area contributed by atoms with Crippen molar-refractivity contribution >= 4 is 29.9 Å². The van der Waals surface area contributed by atoms with Gasteiger partial charge in [0.25, 0.3) is 0 Å². The quantitative estimate of drug-likeness (QED) is 0.376. The van der Waals surface area contributed by atoms with Crippen LogP contribution >= 0.6 is 24.0 Å². The fraction of sp³-hybridized carbons (Fsp3) is 0.941. The van der Waals surface area contributed by atoms with Crippen molar-refractivity contribution in [3.05, 3.63) is 0 Å². The summed E-state index contributed by atoms with van der Waals surface area (Å²) >= 11 is 0. The van der Waals surface area contributed by atoms with Gasteiger partial charge in [-0.15, -0.1) is 24.0 Å². The molecule has 1 rings (SSSR count). The van der Waals surface area contributed by atoms with Crippen molar-refractivity contribution in [1.82, 2.24) is 15.1 Å². The molecule has 1 aliphatic heterocycles. The molecule has 1 saturated heterocycles. The summed E-state index contributed by atoms with van der Waals surface area (Å²) < 4.78 is 5.74. The van der Waals surface area contributed by atoms with Gasteiger partial charge < -0.3 is 19.9 Å². The fourth-order valence-electron chi connectivity index (χ4n) is 3.09. The molecule has 1 heterocycles. The summed E-state index contributed by atoms with van der Waals surface area (Å²) in [6.45, 7) is 14.5. The van der Waals surface area contributed by atoms with Gasteiger partial charge in [-0.3, -0.25) is 4.99 Å². The van der Waals surface area contributed by atoms with E-state index in [4.69, 9.17) is 9.73 Å². The standard InChI is InChI=1S/C17H36N4O.HI/c1-7-18-16(19-13-17(3,4)14-20(5)6)21-11-9-15(10-12-21)22-8-2;/h15H,7-14H2,1-6H3,(H,18,19);1H. The van der Waals surface area contributed by atoms with Crippen LogP contribution in [0.5, 0.6) is 0 Å². The Hall–Kier alpha value is -0.0800. The number of ether oxygens (including phenoxy) is 1. The molecule has 0 unspecified atom stereocenters. The van der Waals surface area contributed by atoms with Gasteiger partial charge in [0.05, 0.1) is 6.10 Å². The number of hydrogen-bond acceptors (Lipinski definition) is 3. The van der Waals surface area contributed by atoms with E-state index in [2.05, 4.69) is 56.9 Å². The predicted octanol–water partition coefficient (Wildman–Crippen LogP) is 2.66. The van der Waals surface area contributed by atoms with Crippen LogP contribution in [-0.2, 0) is 4.74 Å². The summed E-state index contributed by atoms with van der Waals surface area (Å²) in [5.74, 6) is 1.06. The molecule has 138 valence electrons. The molecule has 0 amide bonds. The highest BCUT2D eigenvalue weighted by Gasteiger charge is 2.23. The third kappa shape index (κ3) is 9.10. The molecule has 1 fully saturated rings. The Morgan fingerprint density at radius 3 is 2.35 bits per heavy atom. The van der Waals surface area contributed by atoms with Crippen LogP contribution in [0.2, 0.25) is 0 Å². The van der Waals surface area contributed by atoms with Gasteiger partial charge in [0.1, 0.15) is 0 Å². The molecule has 0 atom stereocenters. The first-order valence-corrected chi connectivity index (χ1v) is 8.67. The van der Waals surface area contributed by atoms with E-state index in [-0.39, 0.29) is 29.4 Å². The number of likely N-dealkylation sites (tertiary alicyclic amines) is 1. The number of halogens is 1. The van der Waals surface area contributed by atoms with Gasteiger partial charge in [-0.05, 0) is 46.2 Å². The van der Waals surface area contributed by atoms with Crippen LogP contribution < -0.4 is 5.32 Å². The van der Waals surface area contributed by atoms with Gasteiger partial charge in [-0.2, -0.15) is 0 Å². The lowest BCUT2D eigenvalue weighted by molar-refractivity contribution is 0.0263. The third-order valence-corrected chi connectivity index (χ3v) is 3.88. The maximum Gasteiger partial charge on any atom is 0.193 e. The minimum Gasteiger partial charge on any atom is -0.378 e. The Kier molecular flexibility index (Phi) is 11.4. The second-order valence-corrected chi connectivity index (χ2v) is 7.21. The van der Waals surface area contributed by atoms with Crippen molar-refractivity contribution in [2.24, 2.45) is 10.4 Å². The summed E-state index contributed by atoms with van der Waals surface area (Å²) in [4.78, 5) is 9.51. The molecule has 23 heavy (non-hydrogen) atoms. The molecule has 1 N–H and O–H groups in total. The molecule has 0 aromatic rings. The zero-order valence-corrected chi connectivity index (χ0v) is 18.2. The van der Waals surface area contributed by atoms with E-state index in [0.717, 1.165) is 58.1 Å². The van der Waals surface area contributed by atoms with Crippen LogP contribution in [0.4, 0.5) is 0 Å². The van der Waals surface area contributed by atoms with Crippen LogP contribution in [-0.4, -0.2) is 75.3 Å². The molecule has 0 radical (unpaired) electrons. The monoisotopic (exact) mass is 440 g/mol. The molecule has 0 spiro atoms. The molecule has 0 aromatic carbocycles. The zero-order valence-electron chi connectivity index (χ0n) is 15.9. The molecule has 0 aliphatic carbocycles. The highest BCUT2D eigenvalue weighted by molar-refractivity contribution is 14.0. The number of aliphatic imine (C=N–C) groups is 1. The van der Waals surface area contributed by atoms with Gasteiger partial charge in [0.2, 0.25) is 0 Å². The van der Waals surface area contributed by atoms with E-state index in [1.165, 1.54) is 0 Å². The first-order valence-electron chi connectivity index (χ1n) is 8.67. The second-order valence-electron chi connectivity index (χ2n) is 7.21. The number of guanidine groups is 1.